The van der Waals surface area contributed by atoms with Gasteiger partial charge in [0.25, 0.3) is 0 Å². The molecule has 0 aromatic rings. The summed E-state index contributed by atoms with van der Waals surface area (Å²) >= 11 is 0. The van der Waals surface area contributed by atoms with Gasteiger partial charge in [-0.05, 0) is 19.3 Å². The van der Waals surface area contributed by atoms with Gasteiger partial charge in [-0.15, -0.1) is 0 Å². The van der Waals surface area contributed by atoms with Crippen LogP contribution in [0.1, 0.15) is 19.3 Å². The molecule has 0 amide bonds. The van der Waals surface area contributed by atoms with E-state index in [-0.39, 0.29) is 6.10 Å². The fourth-order valence-corrected chi connectivity index (χ4v) is 1.24. The van der Waals surface area contributed by atoms with Crippen molar-refractivity contribution in [2.75, 3.05) is 0 Å². The minimum absolute atomic E-state index is 0.305. The molecular weight excluding hydrogens is 144 g/mol. The second-order valence-corrected chi connectivity index (χ2v) is 2.68. The number of esters is 1. The van der Waals surface area contributed by atoms with Crippen LogP contribution in [0.15, 0.2) is 12.7 Å². The van der Waals surface area contributed by atoms with Crippen molar-refractivity contribution in [3.8, 4) is 0 Å². The van der Waals surface area contributed by atoms with E-state index in [2.05, 4.69) is 6.58 Å². The van der Waals surface area contributed by atoms with E-state index in [0.29, 0.717) is 0 Å². The molecule has 1 saturated carbocycles. The molecular formula is C8H12O3. The highest BCUT2D eigenvalue weighted by Gasteiger charge is 2.27. The van der Waals surface area contributed by atoms with Crippen molar-refractivity contribution in [2.45, 2.75) is 31.5 Å². The quantitative estimate of drug-likeness (QED) is 0.471. The van der Waals surface area contributed by atoms with E-state index in [0.717, 1.165) is 25.3 Å². The van der Waals surface area contributed by atoms with Crippen molar-refractivity contribution in [2.24, 2.45) is 0 Å². The van der Waals surface area contributed by atoms with E-state index >= 15 is 0 Å². The molecule has 0 heterocycles. The SMILES string of the molecule is C=CC(=O)OC1CCCC1O. The lowest BCUT2D eigenvalue weighted by Crippen LogP contribution is -2.24. The van der Waals surface area contributed by atoms with E-state index in [1.807, 2.05) is 0 Å². The lowest BCUT2D eigenvalue weighted by molar-refractivity contribution is -0.147. The Labute approximate surface area is 65.7 Å². The summed E-state index contributed by atoms with van der Waals surface area (Å²) in [5, 5.41) is 9.22. The Hall–Kier alpha value is -0.830. The van der Waals surface area contributed by atoms with Crippen LogP contribution in [0.3, 0.4) is 0 Å². The van der Waals surface area contributed by atoms with Gasteiger partial charge in [0, 0.05) is 6.08 Å². The Morgan fingerprint density at radius 3 is 2.82 bits per heavy atom. The molecule has 3 nitrogen and oxygen atoms in total. The lowest BCUT2D eigenvalue weighted by atomic mass is 10.3. The number of hydrogen-bond acceptors (Lipinski definition) is 3. The van der Waals surface area contributed by atoms with Gasteiger partial charge in [0.15, 0.2) is 0 Å². The van der Waals surface area contributed by atoms with Gasteiger partial charge in [-0.2, -0.15) is 0 Å². The number of carbonyl (C=O) groups excluding carboxylic acids is 1. The Bertz CT molecular complexity index is 165. The summed E-state index contributed by atoms with van der Waals surface area (Å²) in [5.74, 6) is -0.448. The fourth-order valence-electron chi connectivity index (χ4n) is 1.24. The molecule has 2 atom stereocenters. The van der Waals surface area contributed by atoms with Crippen LogP contribution in [0.5, 0.6) is 0 Å². The van der Waals surface area contributed by atoms with Crippen molar-refractivity contribution >= 4 is 5.97 Å². The third-order valence-electron chi connectivity index (χ3n) is 1.85. The highest BCUT2D eigenvalue weighted by molar-refractivity contribution is 5.81. The van der Waals surface area contributed by atoms with Crippen molar-refractivity contribution < 1.29 is 14.6 Å². The summed E-state index contributed by atoms with van der Waals surface area (Å²) in [6.07, 6.45) is 2.76. The van der Waals surface area contributed by atoms with Crippen molar-refractivity contribution in [1.29, 1.82) is 0 Å². The highest BCUT2D eigenvalue weighted by Crippen LogP contribution is 2.21. The molecule has 1 aliphatic carbocycles. The maximum atomic E-state index is 10.7. The topological polar surface area (TPSA) is 46.5 Å². The predicted molar refractivity (Wildman–Crippen MR) is 39.9 cm³/mol. The summed E-state index contributed by atoms with van der Waals surface area (Å²) in [4.78, 5) is 10.7. The minimum atomic E-state index is -0.473. The van der Waals surface area contributed by atoms with E-state index in [1.165, 1.54) is 0 Å². The summed E-state index contributed by atoms with van der Waals surface area (Å²) in [6.45, 7) is 3.27. The van der Waals surface area contributed by atoms with Crippen LogP contribution < -0.4 is 0 Å². The number of hydrogen-bond donors (Lipinski definition) is 1. The second-order valence-electron chi connectivity index (χ2n) is 2.68. The van der Waals surface area contributed by atoms with Crippen molar-refractivity contribution in [3.63, 3.8) is 0 Å². The summed E-state index contributed by atoms with van der Waals surface area (Å²) < 4.78 is 4.87. The van der Waals surface area contributed by atoms with Gasteiger partial charge in [0.1, 0.15) is 6.10 Å². The standard InChI is InChI=1S/C8H12O3/c1-2-8(10)11-7-5-3-4-6(7)9/h2,6-7,9H,1,3-5H2. The molecule has 0 radical (unpaired) electrons. The molecule has 1 aliphatic rings. The van der Waals surface area contributed by atoms with E-state index in [4.69, 9.17) is 4.74 Å². The number of rotatable bonds is 2. The Morgan fingerprint density at radius 1 is 1.64 bits per heavy atom. The average Bonchev–Trinajstić information content (AvgIpc) is 2.37. The molecule has 0 aromatic carbocycles. The molecule has 1 N–H and O–H groups in total. The Morgan fingerprint density at radius 2 is 2.36 bits per heavy atom. The minimum Gasteiger partial charge on any atom is -0.456 e. The summed E-state index contributed by atoms with van der Waals surface area (Å²) in [7, 11) is 0. The number of carbonyl (C=O) groups is 1. The normalized spacial score (nSPS) is 29.9. The van der Waals surface area contributed by atoms with E-state index < -0.39 is 12.1 Å². The maximum Gasteiger partial charge on any atom is 0.330 e. The molecule has 0 aromatic heterocycles. The molecule has 0 spiro atoms. The Kier molecular flexibility index (Phi) is 2.65. The first-order valence-corrected chi connectivity index (χ1v) is 3.75. The van der Waals surface area contributed by atoms with Crippen LogP contribution in [0.4, 0.5) is 0 Å². The largest absolute Gasteiger partial charge is 0.456 e. The third-order valence-corrected chi connectivity index (χ3v) is 1.85. The summed E-state index contributed by atoms with van der Waals surface area (Å²) in [6, 6.07) is 0. The van der Waals surface area contributed by atoms with Crippen LogP contribution in [0, 0.1) is 0 Å². The van der Waals surface area contributed by atoms with Gasteiger partial charge in [0.05, 0.1) is 6.10 Å². The number of aliphatic hydroxyl groups is 1. The molecule has 0 saturated heterocycles. The monoisotopic (exact) mass is 156 g/mol. The average molecular weight is 156 g/mol. The van der Waals surface area contributed by atoms with Gasteiger partial charge in [-0.1, -0.05) is 6.58 Å². The molecule has 1 rings (SSSR count). The third kappa shape index (κ3) is 2.05. The smallest absolute Gasteiger partial charge is 0.330 e. The van der Waals surface area contributed by atoms with Crippen LogP contribution in [0.2, 0.25) is 0 Å². The highest BCUT2D eigenvalue weighted by atomic mass is 16.6. The van der Waals surface area contributed by atoms with E-state index in [9.17, 15) is 9.90 Å². The first-order chi connectivity index (χ1) is 5.24. The van der Waals surface area contributed by atoms with Gasteiger partial charge < -0.3 is 9.84 Å². The fraction of sp³-hybridized carbons (Fsp3) is 0.625. The first kappa shape index (κ1) is 8.27. The molecule has 2 unspecified atom stereocenters. The predicted octanol–water partition coefficient (Wildman–Crippen LogP) is 0.629. The van der Waals surface area contributed by atoms with Crippen LogP contribution in [-0.2, 0) is 9.53 Å². The van der Waals surface area contributed by atoms with Crippen LogP contribution in [0.25, 0.3) is 0 Å². The summed E-state index contributed by atoms with van der Waals surface area (Å²) in [5.41, 5.74) is 0. The molecule has 0 bridgehead atoms. The zero-order chi connectivity index (χ0) is 8.27. The zero-order valence-corrected chi connectivity index (χ0v) is 6.32. The van der Waals surface area contributed by atoms with E-state index in [1.54, 1.807) is 0 Å². The molecule has 11 heavy (non-hydrogen) atoms. The maximum absolute atomic E-state index is 10.7. The van der Waals surface area contributed by atoms with Crippen molar-refractivity contribution in [1.82, 2.24) is 0 Å². The molecule has 3 heteroatoms. The van der Waals surface area contributed by atoms with Crippen LogP contribution in [-0.4, -0.2) is 23.3 Å². The van der Waals surface area contributed by atoms with Gasteiger partial charge >= 0.3 is 5.97 Å². The lowest BCUT2D eigenvalue weighted by Gasteiger charge is -2.13. The number of ether oxygens (including phenoxy) is 1. The molecule has 62 valence electrons. The molecule has 1 fully saturated rings. The van der Waals surface area contributed by atoms with Gasteiger partial charge in [0.2, 0.25) is 0 Å². The molecule has 0 aliphatic heterocycles. The zero-order valence-electron chi connectivity index (χ0n) is 6.32. The van der Waals surface area contributed by atoms with Gasteiger partial charge in [-0.3, -0.25) is 0 Å². The van der Waals surface area contributed by atoms with Crippen molar-refractivity contribution in [3.05, 3.63) is 12.7 Å². The number of aliphatic hydroxyl groups excluding tert-OH is 1. The van der Waals surface area contributed by atoms with Gasteiger partial charge in [-0.25, -0.2) is 4.79 Å². The Balaban J connectivity index is 2.36. The second kappa shape index (κ2) is 3.53. The van der Waals surface area contributed by atoms with Crippen LogP contribution >= 0.6 is 0 Å². The first-order valence-electron chi connectivity index (χ1n) is 3.75.